The fourth-order valence-electron chi connectivity index (χ4n) is 3.51. The number of halogens is 1. The van der Waals surface area contributed by atoms with Crippen molar-refractivity contribution in [3.63, 3.8) is 0 Å². The minimum Gasteiger partial charge on any atom is -0.355 e. The summed E-state index contributed by atoms with van der Waals surface area (Å²) in [4.78, 5) is 27.7. The largest absolute Gasteiger partial charge is 0.355 e. The minimum atomic E-state index is -1.14. The van der Waals surface area contributed by atoms with E-state index >= 15 is 0 Å². The van der Waals surface area contributed by atoms with Crippen LogP contribution in [0, 0.1) is 5.41 Å². The van der Waals surface area contributed by atoms with Gasteiger partial charge in [0, 0.05) is 23.3 Å². The molecule has 1 aliphatic rings. The quantitative estimate of drug-likeness (QED) is 0.792. The molecule has 2 aromatic rings. The lowest BCUT2D eigenvalue weighted by Gasteiger charge is -2.31. The number of para-hydroxylation sites is 1. The minimum absolute atomic E-state index is 0.0495. The molecule has 5 heteroatoms. The molecule has 0 saturated heterocycles. The van der Waals surface area contributed by atoms with Crippen molar-refractivity contribution in [3.05, 3.63) is 64.7 Å². The number of hydrogen-bond donors (Lipinski definition) is 1. The van der Waals surface area contributed by atoms with E-state index in [4.69, 9.17) is 11.6 Å². The maximum absolute atomic E-state index is 13.2. The van der Waals surface area contributed by atoms with E-state index in [2.05, 4.69) is 5.32 Å². The Labute approximate surface area is 165 Å². The molecule has 3 rings (SSSR count). The Morgan fingerprint density at radius 2 is 1.93 bits per heavy atom. The molecule has 0 aromatic heterocycles. The summed E-state index contributed by atoms with van der Waals surface area (Å²) in [5, 5.41) is 3.58. The highest BCUT2D eigenvalue weighted by Crippen LogP contribution is 2.35. The molecule has 0 aliphatic carbocycles. The summed E-state index contributed by atoms with van der Waals surface area (Å²) < 4.78 is 0. The third-order valence-electron chi connectivity index (χ3n) is 5.12. The van der Waals surface area contributed by atoms with Gasteiger partial charge in [-0.1, -0.05) is 41.9 Å². The molecule has 1 atom stereocenters. The van der Waals surface area contributed by atoms with Gasteiger partial charge < -0.3 is 10.2 Å². The second-order valence-corrected chi connectivity index (χ2v) is 8.05. The Morgan fingerprint density at radius 1 is 1.19 bits per heavy atom. The van der Waals surface area contributed by atoms with Gasteiger partial charge in [-0.15, -0.1) is 0 Å². The van der Waals surface area contributed by atoms with E-state index in [1.807, 2.05) is 55.5 Å². The number of amides is 2. The standard InChI is InChI=1S/C22H25ClN2O2/c1-15-13-17-8-4-5-10-19(17)25(15)21(27)22(2,3)20(26)24-12-11-16-7-6-9-18(23)14-16/h4-10,14-15H,11-13H2,1-3H3,(H,24,26). The van der Waals surface area contributed by atoms with E-state index in [1.165, 1.54) is 0 Å². The normalized spacial score (nSPS) is 16.1. The molecule has 1 aliphatic heterocycles. The Hall–Kier alpha value is -2.33. The van der Waals surface area contributed by atoms with Crippen LogP contribution >= 0.6 is 11.6 Å². The predicted octanol–water partition coefficient (Wildman–Crippen LogP) is 4.00. The van der Waals surface area contributed by atoms with Crippen molar-refractivity contribution in [2.75, 3.05) is 11.4 Å². The highest BCUT2D eigenvalue weighted by molar-refractivity contribution is 6.30. The van der Waals surface area contributed by atoms with Crippen LogP contribution < -0.4 is 10.2 Å². The van der Waals surface area contributed by atoms with E-state index in [9.17, 15) is 9.59 Å². The van der Waals surface area contributed by atoms with Crippen molar-refractivity contribution in [1.29, 1.82) is 0 Å². The molecule has 1 heterocycles. The maximum Gasteiger partial charge on any atom is 0.242 e. The predicted molar refractivity (Wildman–Crippen MR) is 109 cm³/mol. The number of anilines is 1. The Kier molecular flexibility index (Phi) is 5.56. The first-order chi connectivity index (χ1) is 12.8. The third kappa shape index (κ3) is 4.01. The third-order valence-corrected chi connectivity index (χ3v) is 5.35. The molecule has 0 spiro atoms. The van der Waals surface area contributed by atoms with Crippen molar-refractivity contribution >= 4 is 29.1 Å². The first kappa shape index (κ1) is 19.4. The van der Waals surface area contributed by atoms with Crippen LogP contribution in [0.25, 0.3) is 0 Å². The Morgan fingerprint density at radius 3 is 2.67 bits per heavy atom. The van der Waals surface area contributed by atoms with Crippen LogP contribution in [-0.2, 0) is 22.4 Å². The van der Waals surface area contributed by atoms with Gasteiger partial charge in [0.25, 0.3) is 0 Å². The van der Waals surface area contributed by atoms with E-state index in [0.29, 0.717) is 18.0 Å². The fraction of sp³-hybridized carbons (Fsp3) is 0.364. The summed E-state index contributed by atoms with van der Waals surface area (Å²) in [7, 11) is 0. The fourth-order valence-corrected chi connectivity index (χ4v) is 3.72. The van der Waals surface area contributed by atoms with Gasteiger partial charge in [0.05, 0.1) is 0 Å². The summed E-state index contributed by atoms with van der Waals surface area (Å²) >= 11 is 5.99. The van der Waals surface area contributed by atoms with Crippen LogP contribution in [0.5, 0.6) is 0 Å². The van der Waals surface area contributed by atoms with Crippen molar-refractivity contribution in [3.8, 4) is 0 Å². The molecule has 1 unspecified atom stereocenters. The van der Waals surface area contributed by atoms with Crippen molar-refractivity contribution < 1.29 is 9.59 Å². The van der Waals surface area contributed by atoms with Gasteiger partial charge in [0.2, 0.25) is 11.8 Å². The van der Waals surface area contributed by atoms with Crippen LogP contribution in [0.4, 0.5) is 5.69 Å². The topological polar surface area (TPSA) is 49.4 Å². The SMILES string of the molecule is CC1Cc2ccccc2N1C(=O)C(C)(C)C(=O)NCCc1cccc(Cl)c1. The molecular formula is C22H25ClN2O2. The van der Waals surface area contributed by atoms with Crippen molar-refractivity contribution in [1.82, 2.24) is 5.32 Å². The second-order valence-electron chi connectivity index (χ2n) is 7.62. The number of hydrogen-bond acceptors (Lipinski definition) is 2. The number of nitrogens with one attached hydrogen (secondary N) is 1. The molecule has 0 saturated carbocycles. The van der Waals surface area contributed by atoms with Crippen LogP contribution in [-0.4, -0.2) is 24.4 Å². The number of fused-ring (bicyclic) bond motifs is 1. The average molecular weight is 385 g/mol. The zero-order valence-corrected chi connectivity index (χ0v) is 16.7. The van der Waals surface area contributed by atoms with Gasteiger partial charge in [0.15, 0.2) is 0 Å². The summed E-state index contributed by atoms with van der Waals surface area (Å²) in [6.07, 6.45) is 1.48. The van der Waals surface area contributed by atoms with Gasteiger partial charge in [0.1, 0.15) is 5.41 Å². The highest BCUT2D eigenvalue weighted by atomic mass is 35.5. The molecule has 0 fully saturated rings. The number of rotatable bonds is 5. The molecule has 4 nitrogen and oxygen atoms in total. The monoisotopic (exact) mass is 384 g/mol. The zero-order chi connectivity index (χ0) is 19.6. The average Bonchev–Trinajstić information content (AvgIpc) is 2.96. The van der Waals surface area contributed by atoms with Crippen molar-refractivity contribution in [2.24, 2.45) is 5.41 Å². The van der Waals surface area contributed by atoms with Crippen LogP contribution in [0.2, 0.25) is 5.02 Å². The number of carbonyl (C=O) groups is 2. The van der Waals surface area contributed by atoms with Crippen LogP contribution in [0.1, 0.15) is 31.9 Å². The lowest BCUT2D eigenvalue weighted by atomic mass is 9.89. The number of nitrogens with zero attached hydrogens (tertiary/aromatic N) is 1. The van der Waals surface area contributed by atoms with E-state index in [-0.39, 0.29) is 17.9 Å². The number of benzene rings is 2. The lowest BCUT2D eigenvalue weighted by Crippen LogP contribution is -2.51. The maximum atomic E-state index is 13.2. The molecule has 0 radical (unpaired) electrons. The highest BCUT2D eigenvalue weighted by Gasteiger charge is 2.43. The van der Waals surface area contributed by atoms with Gasteiger partial charge in [-0.2, -0.15) is 0 Å². The first-order valence-corrected chi connectivity index (χ1v) is 9.63. The summed E-state index contributed by atoms with van der Waals surface area (Å²) in [6, 6.07) is 15.5. The Balaban J connectivity index is 1.66. The number of carbonyl (C=O) groups excluding carboxylic acids is 2. The van der Waals surface area contributed by atoms with Gasteiger partial charge >= 0.3 is 0 Å². The molecule has 142 valence electrons. The van der Waals surface area contributed by atoms with Crippen LogP contribution in [0.15, 0.2) is 48.5 Å². The molecule has 2 aromatic carbocycles. The first-order valence-electron chi connectivity index (χ1n) is 9.25. The van der Waals surface area contributed by atoms with E-state index in [1.54, 1.807) is 18.7 Å². The summed E-state index contributed by atoms with van der Waals surface area (Å²) in [5.74, 6) is -0.425. The van der Waals surface area contributed by atoms with E-state index < -0.39 is 5.41 Å². The molecule has 0 bridgehead atoms. The van der Waals surface area contributed by atoms with Crippen LogP contribution in [0.3, 0.4) is 0 Å². The summed E-state index contributed by atoms with van der Waals surface area (Å²) in [5.41, 5.74) is 1.97. The smallest absolute Gasteiger partial charge is 0.242 e. The molecule has 2 amide bonds. The summed E-state index contributed by atoms with van der Waals surface area (Å²) in [6.45, 7) is 5.86. The second kappa shape index (κ2) is 7.73. The lowest BCUT2D eigenvalue weighted by molar-refractivity contribution is -0.139. The van der Waals surface area contributed by atoms with Gasteiger partial charge in [-0.25, -0.2) is 0 Å². The Bertz CT molecular complexity index is 863. The molecular weight excluding hydrogens is 360 g/mol. The van der Waals surface area contributed by atoms with Gasteiger partial charge in [-0.3, -0.25) is 9.59 Å². The van der Waals surface area contributed by atoms with Gasteiger partial charge in [-0.05, 0) is 62.9 Å². The molecule has 27 heavy (non-hydrogen) atoms. The van der Waals surface area contributed by atoms with E-state index in [0.717, 1.165) is 23.2 Å². The van der Waals surface area contributed by atoms with Crippen molar-refractivity contribution in [2.45, 2.75) is 39.7 Å². The zero-order valence-electron chi connectivity index (χ0n) is 16.0. The molecule has 1 N–H and O–H groups in total.